The number of rotatable bonds is 7. The molecule has 2 aromatic rings. The van der Waals surface area contributed by atoms with Crippen LogP contribution in [-0.2, 0) is 24.3 Å². The van der Waals surface area contributed by atoms with Gasteiger partial charge in [0, 0.05) is 44.7 Å². The number of carbonyl (C=O) groups excluding carboxylic acids is 1. The van der Waals surface area contributed by atoms with Crippen LogP contribution in [0.1, 0.15) is 29.5 Å². The quantitative estimate of drug-likeness (QED) is 0.795. The molecule has 2 aromatic carbocycles. The van der Waals surface area contributed by atoms with Crippen LogP contribution >= 0.6 is 0 Å². The second kappa shape index (κ2) is 8.03. The molecule has 4 rings (SSSR count). The van der Waals surface area contributed by atoms with Crippen LogP contribution in [0.4, 0.5) is 5.69 Å². The third kappa shape index (κ3) is 4.43. The lowest BCUT2D eigenvalue weighted by molar-refractivity contribution is -0.121. The van der Waals surface area contributed by atoms with Gasteiger partial charge in [-0.05, 0) is 29.2 Å². The van der Waals surface area contributed by atoms with Crippen molar-refractivity contribution in [1.82, 2.24) is 10.2 Å². The van der Waals surface area contributed by atoms with Gasteiger partial charge in [-0.15, -0.1) is 0 Å². The number of aliphatic hydroxyl groups excluding tert-OH is 1. The van der Waals surface area contributed by atoms with Gasteiger partial charge < -0.3 is 10.4 Å². The third-order valence-corrected chi connectivity index (χ3v) is 5.22. The van der Waals surface area contributed by atoms with Gasteiger partial charge in [0.05, 0.1) is 11.8 Å². The first-order chi connectivity index (χ1) is 13.2. The first-order valence-corrected chi connectivity index (χ1v) is 9.55. The molecule has 2 aliphatic heterocycles. The molecule has 140 valence electrons. The summed E-state index contributed by atoms with van der Waals surface area (Å²) in [5.74, 6) is -0.0302. The summed E-state index contributed by atoms with van der Waals surface area (Å²) in [6.07, 6.45) is 1.35. The number of para-hydroxylation sites is 1. The molecule has 0 bridgehead atoms. The van der Waals surface area contributed by atoms with Crippen molar-refractivity contribution in [3.05, 3.63) is 65.2 Å². The van der Waals surface area contributed by atoms with E-state index in [1.807, 2.05) is 30.3 Å². The highest BCUT2D eigenvalue weighted by Crippen LogP contribution is 2.27. The fourth-order valence-electron chi connectivity index (χ4n) is 3.82. The SMILES string of the molecule is O=C(CCC1=Nc2ccccc2C1)NCC(O)CN1Cc2ccccc2C1. The zero-order valence-electron chi connectivity index (χ0n) is 15.4. The Hall–Kier alpha value is -2.50. The molecule has 1 atom stereocenters. The number of nitrogens with zero attached hydrogens (tertiary/aromatic N) is 2. The zero-order chi connectivity index (χ0) is 18.6. The number of benzene rings is 2. The number of aliphatic hydroxyl groups is 1. The van der Waals surface area contributed by atoms with Crippen LogP contribution in [0.25, 0.3) is 0 Å². The van der Waals surface area contributed by atoms with Crippen LogP contribution in [0.2, 0.25) is 0 Å². The van der Waals surface area contributed by atoms with Gasteiger partial charge in [0.1, 0.15) is 0 Å². The van der Waals surface area contributed by atoms with Crippen LogP contribution in [0.5, 0.6) is 0 Å². The average molecular weight is 363 g/mol. The molecule has 0 saturated heterocycles. The lowest BCUT2D eigenvalue weighted by Gasteiger charge is -2.19. The Morgan fingerprint density at radius 3 is 2.44 bits per heavy atom. The van der Waals surface area contributed by atoms with Crippen molar-refractivity contribution < 1.29 is 9.90 Å². The van der Waals surface area contributed by atoms with E-state index in [0.717, 1.165) is 30.9 Å². The van der Waals surface area contributed by atoms with E-state index in [2.05, 4.69) is 33.4 Å². The van der Waals surface area contributed by atoms with Crippen LogP contribution in [0.15, 0.2) is 53.5 Å². The second-order valence-electron chi connectivity index (χ2n) is 7.38. The third-order valence-electron chi connectivity index (χ3n) is 5.22. The predicted octanol–water partition coefficient (Wildman–Crippen LogP) is 2.59. The van der Waals surface area contributed by atoms with Gasteiger partial charge in [-0.3, -0.25) is 14.7 Å². The minimum atomic E-state index is -0.559. The van der Waals surface area contributed by atoms with Crippen LogP contribution in [-0.4, -0.2) is 40.8 Å². The van der Waals surface area contributed by atoms with Gasteiger partial charge in [-0.2, -0.15) is 0 Å². The fraction of sp³-hybridized carbons (Fsp3) is 0.364. The summed E-state index contributed by atoms with van der Waals surface area (Å²) in [5.41, 5.74) is 5.96. The Morgan fingerprint density at radius 2 is 1.74 bits per heavy atom. The maximum Gasteiger partial charge on any atom is 0.220 e. The Kier molecular flexibility index (Phi) is 5.32. The number of amides is 1. The Balaban J connectivity index is 1.16. The Labute approximate surface area is 159 Å². The second-order valence-corrected chi connectivity index (χ2v) is 7.38. The lowest BCUT2D eigenvalue weighted by Crippen LogP contribution is -2.38. The van der Waals surface area contributed by atoms with Gasteiger partial charge >= 0.3 is 0 Å². The summed E-state index contributed by atoms with van der Waals surface area (Å²) in [6.45, 7) is 2.58. The molecule has 5 nitrogen and oxygen atoms in total. The van der Waals surface area contributed by atoms with E-state index < -0.39 is 6.10 Å². The molecular weight excluding hydrogens is 338 g/mol. The number of nitrogens with one attached hydrogen (secondary N) is 1. The first kappa shape index (κ1) is 17.9. The Morgan fingerprint density at radius 1 is 1.07 bits per heavy atom. The van der Waals surface area contributed by atoms with E-state index in [9.17, 15) is 9.90 Å². The topological polar surface area (TPSA) is 64.9 Å². The number of hydrogen-bond donors (Lipinski definition) is 2. The van der Waals surface area contributed by atoms with Gasteiger partial charge in [0.15, 0.2) is 0 Å². The van der Waals surface area contributed by atoms with E-state index in [1.54, 1.807) is 0 Å². The number of carbonyl (C=O) groups is 1. The van der Waals surface area contributed by atoms with Gasteiger partial charge in [-0.25, -0.2) is 0 Å². The molecule has 0 aromatic heterocycles. The van der Waals surface area contributed by atoms with Gasteiger partial charge in [0.2, 0.25) is 5.91 Å². The van der Waals surface area contributed by atoms with Crippen molar-refractivity contribution in [1.29, 1.82) is 0 Å². The molecule has 0 radical (unpaired) electrons. The summed E-state index contributed by atoms with van der Waals surface area (Å²) in [5, 5.41) is 13.1. The molecule has 0 fully saturated rings. The Bertz CT molecular complexity index is 837. The molecule has 1 unspecified atom stereocenters. The van der Waals surface area contributed by atoms with E-state index in [-0.39, 0.29) is 5.91 Å². The smallest absolute Gasteiger partial charge is 0.220 e. The van der Waals surface area contributed by atoms with Crippen molar-refractivity contribution in [3.8, 4) is 0 Å². The molecule has 27 heavy (non-hydrogen) atoms. The molecule has 2 aliphatic rings. The summed E-state index contributed by atoms with van der Waals surface area (Å²) < 4.78 is 0. The fourth-order valence-corrected chi connectivity index (χ4v) is 3.82. The normalized spacial score (nSPS) is 16.6. The van der Waals surface area contributed by atoms with E-state index >= 15 is 0 Å². The first-order valence-electron chi connectivity index (χ1n) is 9.55. The molecule has 0 spiro atoms. The minimum Gasteiger partial charge on any atom is -0.390 e. The zero-order valence-corrected chi connectivity index (χ0v) is 15.4. The van der Waals surface area contributed by atoms with Crippen molar-refractivity contribution in [2.24, 2.45) is 4.99 Å². The maximum absolute atomic E-state index is 12.1. The van der Waals surface area contributed by atoms with Crippen LogP contribution < -0.4 is 5.32 Å². The van der Waals surface area contributed by atoms with Crippen molar-refractivity contribution in [2.75, 3.05) is 13.1 Å². The number of aliphatic imine (C=N–C) groups is 1. The standard InChI is InChI=1S/C22H25N3O2/c26-20(15-25-13-17-6-1-2-7-18(17)14-25)12-23-22(27)10-9-19-11-16-5-3-4-8-21(16)24-19/h1-8,20,26H,9-15H2,(H,23,27). The molecule has 0 aliphatic carbocycles. The molecule has 2 N–H and O–H groups in total. The highest BCUT2D eigenvalue weighted by Gasteiger charge is 2.21. The maximum atomic E-state index is 12.1. The molecule has 5 heteroatoms. The van der Waals surface area contributed by atoms with E-state index in [0.29, 0.717) is 25.9 Å². The van der Waals surface area contributed by atoms with Crippen molar-refractivity contribution in [2.45, 2.75) is 38.5 Å². The largest absolute Gasteiger partial charge is 0.390 e. The van der Waals surface area contributed by atoms with E-state index in [1.165, 1.54) is 16.7 Å². The molecule has 0 saturated carbocycles. The summed E-state index contributed by atoms with van der Waals surface area (Å²) in [4.78, 5) is 18.9. The summed E-state index contributed by atoms with van der Waals surface area (Å²) >= 11 is 0. The van der Waals surface area contributed by atoms with E-state index in [4.69, 9.17) is 0 Å². The van der Waals surface area contributed by atoms with Crippen molar-refractivity contribution >= 4 is 17.3 Å². The number of hydrogen-bond acceptors (Lipinski definition) is 4. The summed E-state index contributed by atoms with van der Waals surface area (Å²) in [7, 11) is 0. The highest BCUT2D eigenvalue weighted by atomic mass is 16.3. The average Bonchev–Trinajstić information content (AvgIpc) is 3.27. The van der Waals surface area contributed by atoms with Gasteiger partial charge in [-0.1, -0.05) is 42.5 Å². The van der Waals surface area contributed by atoms with Gasteiger partial charge in [0.25, 0.3) is 0 Å². The predicted molar refractivity (Wildman–Crippen MR) is 106 cm³/mol. The lowest BCUT2D eigenvalue weighted by atomic mass is 10.1. The van der Waals surface area contributed by atoms with Crippen LogP contribution in [0.3, 0.4) is 0 Å². The highest BCUT2D eigenvalue weighted by molar-refractivity contribution is 5.95. The minimum absolute atomic E-state index is 0.0302. The monoisotopic (exact) mass is 363 g/mol. The molecule has 2 heterocycles. The number of fused-ring (bicyclic) bond motifs is 2. The summed E-state index contributed by atoms with van der Waals surface area (Å²) in [6, 6.07) is 16.5. The van der Waals surface area contributed by atoms with Crippen molar-refractivity contribution in [3.63, 3.8) is 0 Å². The molecule has 1 amide bonds. The van der Waals surface area contributed by atoms with Crippen LogP contribution in [0, 0.1) is 0 Å². The number of β-amino-alcohol motifs (C(OH)–C–C–N with tert-alkyl or cyclic N) is 1. The molecular formula is C22H25N3O2.